The minimum atomic E-state index is -0.428. The van der Waals surface area contributed by atoms with Crippen LogP contribution in [0, 0.1) is 0 Å². The first-order chi connectivity index (χ1) is 11.4. The van der Waals surface area contributed by atoms with Crippen LogP contribution >= 0.6 is 0 Å². The summed E-state index contributed by atoms with van der Waals surface area (Å²) in [6.07, 6.45) is 4.60. The lowest BCUT2D eigenvalue weighted by molar-refractivity contribution is -0.0332. The van der Waals surface area contributed by atoms with Crippen LogP contribution in [-0.2, 0) is 11.3 Å². The number of hydrogen-bond donors (Lipinski definition) is 0. The molecule has 4 heteroatoms. The van der Waals surface area contributed by atoms with Gasteiger partial charge in [-0.15, -0.1) is 0 Å². The van der Waals surface area contributed by atoms with E-state index in [4.69, 9.17) is 4.74 Å². The second-order valence-electron chi connectivity index (χ2n) is 8.05. The fourth-order valence-electron chi connectivity index (χ4n) is 4.01. The van der Waals surface area contributed by atoms with Crippen LogP contribution in [0.3, 0.4) is 0 Å². The summed E-state index contributed by atoms with van der Waals surface area (Å²) in [5.74, 6) is 0. The molecule has 2 atom stereocenters. The van der Waals surface area contributed by atoms with Crippen LogP contribution in [0.15, 0.2) is 30.3 Å². The number of fused-ring (bicyclic) bond motifs is 1. The number of carbonyl (C=O) groups excluding carboxylic acids is 1. The van der Waals surface area contributed by atoms with Crippen molar-refractivity contribution in [2.45, 2.75) is 70.7 Å². The minimum absolute atomic E-state index is 0.140. The second kappa shape index (κ2) is 7.14. The predicted molar refractivity (Wildman–Crippen MR) is 95.8 cm³/mol. The summed E-state index contributed by atoms with van der Waals surface area (Å²) in [4.78, 5) is 17.2. The molecule has 2 fully saturated rings. The van der Waals surface area contributed by atoms with E-state index in [1.807, 2.05) is 25.7 Å². The summed E-state index contributed by atoms with van der Waals surface area (Å²) >= 11 is 0. The van der Waals surface area contributed by atoms with E-state index in [1.165, 1.54) is 24.8 Å². The molecule has 0 radical (unpaired) electrons. The van der Waals surface area contributed by atoms with Gasteiger partial charge in [-0.25, -0.2) is 4.79 Å². The third kappa shape index (κ3) is 4.10. The summed E-state index contributed by atoms with van der Waals surface area (Å²) < 4.78 is 5.65. The van der Waals surface area contributed by atoms with Crippen molar-refractivity contribution < 1.29 is 9.53 Å². The fraction of sp³-hybridized carbons (Fsp3) is 0.650. The molecule has 132 valence electrons. The number of ether oxygens (including phenoxy) is 1. The maximum atomic E-state index is 12.6. The highest BCUT2D eigenvalue weighted by atomic mass is 16.6. The van der Waals surface area contributed by atoms with Crippen LogP contribution in [0.5, 0.6) is 0 Å². The van der Waals surface area contributed by atoms with Gasteiger partial charge in [0.25, 0.3) is 0 Å². The van der Waals surface area contributed by atoms with E-state index in [2.05, 4.69) is 35.2 Å². The van der Waals surface area contributed by atoms with Gasteiger partial charge < -0.3 is 9.64 Å². The fourth-order valence-corrected chi connectivity index (χ4v) is 4.01. The van der Waals surface area contributed by atoms with Crippen molar-refractivity contribution in [2.75, 3.05) is 13.1 Å². The van der Waals surface area contributed by atoms with Gasteiger partial charge in [-0.3, -0.25) is 4.90 Å². The van der Waals surface area contributed by atoms with Crippen molar-refractivity contribution in [1.29, 1.82) is 0 Å². The van der Waals surface area contributed by atoms with Crippen LogP contribution in [0.1, 0.15) is 52.0 Å². The highest BCUT2D eigenvalue weighted by Gasteiger charge is 2.41. The zero-order chi connectivity index (χ0) is 17.2. The zero-order valence-electron chi connectivity index (χ0n) is 15.2. The lowest BCUT2D eigenvalue weighted by atomic mass is 9.86. The van der Waals surface area contributed by atoms with E-state index in [0.717, 1.165) is 26.1 Å². The molecule has 1 saturated carbocycles. The SMILES string of the molecule is CC(C)(C)OC(=O)N1CCN(Cc2ccccc2)[C@H]2CCCC[C@H]21. The van der Waals surface area contributed by atoms with Gasteiger partial charge in [0.2, 0.25) is 0 Å². The number of amides is 1. The molecule has 24 heavy (non-hydrogen) atoms. The van der Waals surface area contributed by atoms with E-state index in [-0.39, 0.29) is 6.09 Å². The first-order valence-electron chi connectivity index (χ1n) is 9.22. The molecule has 2 aliphatic rings. The van der Waals surface area contributed by atoms with Gasteiger partial charge in [0.1, 0.15) is 5.60 Å². The van der Waals surface area contributed by atoms with Crippen molar-refractivity contribution >= 4 is 6.09 Å². The van der Waals surface area contributed by atoms with Crippen molar-refractivity contribution in [3.63, 3.8) is 0 Å². The largest absolute Gasteiger partial charge is 0.444 e. The van der Waals surface area contributed by atoms with Gasteiger partial charge in [0.05, 0.1) is 6.04 Å². The molecule has 0 N–H and O–H groups in total. The first-order valence-corrected chi connectivity index (χ1v) is 9.22. The van der Waals surface area contributed by atoms with Crippen molar-refractivity contribution in [2.24, 2.45) is 0 Å². The molecule has 0 aromatic heterocycles. The quantitative estimate of drug-likeness (QED) is 0.820. The normalized spacial score (nSPS) is 25.2. The molecular weight excluding hydrogens is 300 g/mol. The Labute approximate surface area is 145 Å². The first kappa shape index (κ1) is 17.3. The summed E-state index contributed by atoms with van der Waals surface area (Å²) in [6.45, 7) is 8.49. The molecule has 1 aromatic rings. The van der Waals surface area contributed by atoms with Gasteiger partial charge in [-0.05, 0) is 39.2 Å². The highest BCUT2D eigenvalue weighted by Crippen LogP contribution is 2.32. The lowest BCUT2D eigenvalue weighted by Gasteiger charge is -2.49. The summed E-state index contributed by atoms with van der Waals surface area (Å²) in [6, 6.07) is 11.4. The van der Waals surface area contributed by atoms with Crippen LogP contribution in [-0.4, -0.2) is 46.7 Å². The van der Waals surface area contributed by atoms with Gasteiger partial charge in [0, 0.05) is 25.7 Å². The Bertz CT molecular complexity index is 553. The summed E-state index contributed by atoms with van der Waals surface area (Å²) in [5, 5.41) is 0. The van der Waals surface area contributed by atoms with Crippen LogP contribution in [0.2, 0.25) is 0 Å². The highest BCUT2D eigenvalue weighted by molar-refractivity contribution is 5.69. The Balaban J connectivity index is 1.71. The number of benzene rings is 1. The molecule has 1 aliphatic heterocycles. The molecule has 1 amide bonds. The lowest BCUT2D eigenvalue weighted by Crippen LogP contribution is -2.62. The average Bonchev–Trinajstić information content (AvgIpc) is 2.54. The molecular formula is C20H30N2O2. The molecule has 0 unspecified atom stereocenters. The van der Waals surface area contributed by atoms with Gasteiger partial charge in [-0.1, -0.05) is 43.2 Å². The van der Waals surface area contributed by atoms with E-state index in [9.17, 15) is 4.79 Å². The van der Waals surface area contributed by atoms with Gasteiger partial charge >= 0.3 is 6.09 Å². The van der Waals surface area contributed by atoms with E-state index >= 15 is 0 Å². The molecule has 1 heterocycles. The van der Waals surface area contributed by atoms with Crippen molar-refractivity contribution in [3.8, 4) is 0 Å². The van der Waals surface area contributed by atoms with Crippen molar-refractivity contribution in [1.82, 2.24) is 9.80 Å². The smallest absolute Gasteiger partial charge is 0.410 e. The van der Waals surface area contributed by atoms with E-state index in [1.54, 1.807) is 0 Å². The number of nitrogens with zero attached hydrogens (tertiary/aromatic N) is 2. The maximum absolute atomic E-state index is 12.6. The predicted octanol–water partition coefficient (Wildman–Crippen LogP) is 4.05. The van der Waals surface area contributed by atoms with E-state index < -0.39 is 5.60 Å². The third-order valence-corrected chi connectivity index (χ3v) is 5.05. The Morgan fingerprint density at radius 2 is 1.75 bits per heavy atom. The Kier molecular flexibility index (Phi) is 5.14. The van der Waals surface area contributed by atoms with Crippen LogP contribution < -0.4 is 0 Å². The summed E-state index contributed by atoms with van der Waals surface area (Å²) in [7, 11) is 0. The molecule has 0 spiro atoms. The molecule has 1 aliphatic carbocycles. The Morgan fingerprint density at radius 1 is 1.08 bits per heavy atom. The molecule has 4 nitrogen and oxygen atoms in total. The maximum Gasteiger partial charge on any atom is 0.410 e. The van der Waals surface area contributed by atoms with E-state index in [0.29, 0.717) is 12.1 Å². The number of hydrogen-bond acceptors (Lipinski definition) is 3. The number of rotatable bonds is 2. The van der Waals surface area contributed by atoms with Crippen LogP contribution in [0.4, 0.5) is 4.79 Å². The second-order valence-corrected chi connectivity index (χ2v) is 8.05. The number of carbonyl (C=O) groups is 1. The van der Waals surface area contributed by atoms with Gasteiger partial charge in [0.15, 0.2) is 0 Å². The van der Waals surface area contributed by atoms with Crippen LogP contribution in [0.25, 0.3) is 0 Å². The zero-order valence-corrected chi connectivity index (χ0v) is 15.2. The third-order valence-electron chi connectivity index (χ3n) is 5.05. The molecule has 0 bridgehead atoms. The topological polar surface area (TPSA) is 32.8 Å². The minimum Gasteiger partial charge on any atom is -0.444 e. The Hall–Kier alpha value is -1.55. The van der Waals surface area contributed by atoms with Crippen molar-refractivity contribution in [3.05, 3.63) is 35.9 Å². The summed E-state index contributed by atoms with van der Waals surface area (Å²) in [5.41, 5.74) is 0.926. The Morgan fingerprint density at radius 3 is 2.42 bits per heavy atom. The monoisotopic (exact) mass is 330 g/mol. The molecule has 1 aromatic carbocycles. The van der Waals surface area contributed by atoms with Gasteiger partial charge in [-0.2, -0.15) is 0 Å². The standard InChI is InChI=1S/C20H30N2O2/c1-20(2,3)24-19(23)22-14-13-21(15-16-9-5-4-6-10-16)17-11-7-8-12-18(17)22/h4-6,9-10,17-18H,7-8,11-15H2,1-3H3/t17-,18+/m0/s1. The molecule has 1 saturated heterocycles. The average molecular weight is 330 g/mol. The molecule has 3 rings (SSSR count). The number of piperazine rings is 1.